The number of rotatable bonds is 6. The zero-order valence-corrected chi connectivity index (χ0v) is 20.1. The maximum atomic E-state index is 12.7. The predicted octanol–water partition coefficient (Wildman–Crippen LogP) is 5.54. The molecule has 6 heteroatoms. The van der Waals surface area contributed by atoms with Gasteiger partial charge in [0.25, 0.3) is 0 Å². The number of aryl methyl sites for hydroxylation is 5. The van der Waals surface area contributed by atoms with Crippen LogP contribution in [0.2, 0.25) is 0 Å². The van der Waals surface area contributed by atoms with Gasteiger partial charge in [-0.15, -0.1) is 0 Å². The Hall–Kier alpha value is -3.67. The Kier molecular flexibility index (Phi) is 6.18. The molecule has 0 fully saturated rings. The number of carbonyl (C=O) groups is 1. The number of nitrogens with one attached hydrogen (secondary N) is 1. The van der Waals surface area contributed by atoms with Gasteiger partial charge in [-0.3, -0.25) is 4.79 Å². The molecule has 0 saturated heterocycles. The molecule has 0 unspecified atom stereocenters. The molecule has 33 heavy (non-hydrogen) atoms. The Bertz CT molecular complexity index is 1340. The average Bonchev–Trinajstić information content (AvgIpc) is 3.12. The van der Waals surface area contributed by atoms with Gasteiger partial charge in [0.15, 0.2) is 5.65 Å². The highest BCUT2D eigenvalue weighted by molar-refractivity contribution is 5.91. The summed E-state index contributed by atoms with van der Waals surface area (Å²) in [6.45, 7) is 10.2. The third kappa shape index (κ3) is 4.46. The van der Waals surface area contributed by atoms with Gasteiger partial charge in [0.05, 0.1) is 18.5 Å². The van der Waals surface area contributed by atoms with Crippen LogP contribution in [-0.2, 0) is 11.2 Å². The standard InChI is InChI=1S/C27H30N4O2/c1-16-7-11-22(12-8-16)31-26-25(20(5)30-31)19(4)23(27(29-26)33-6)13-14-24(32)28-21-10-9-17(2)18(3)15-21/h7-12,15H,13-14H2,1-6H3,(H,28,32). The minimum Gasteiger partial charge on any atom is -0.481 e. The van der Waals surface area contributed by atoms with E-state index < -0.39 is 0 Å². The largest absolute Gasteiger partial charge is 0.481 e. The Labute approximate surface area is 194 Å². The van der Waals surface area contributed by atoms with Crippen LogP contribution in [0.25, 0.3) is 16.7 Å². The first kappa shape index (κ1) is 22.5. The normalized spacial score (nSPS) is 11.1. The topological polar surface area (TPSA) is 69.0 Å². The number of pyridine rings is 1. The number of amides is 1. The van der Waals surface area contributed by atoms with Crippen LogP contribution in [-0.4, -0.2) is 27.8 Å². The first-order chi connectivity index (χ1) is 15.8. The number of methoxy groups -OCH3 is 1. The van der Waals surface area contributed by atoms with Crippen molar-refractivity contribution in [3.05, 3.63) is 76.0 Å². The van der Waals surface area contributed by atoms with Crippen LogP contribution in [0, 0.1) is 34.6 Å². The van der Waals surface area contributed by atoms with Gasteiger partial charge in [0.2, 0.25) is 11.8 Å². The number of carbonyl (C=O) groups excluding carboxylic acids is 1. The van der Waals surface area contributed by atoms with Crippen molar-refractivity contribution in [2.75, 3.05) is 12.4 Å². The maximum Gasteiger partial charge on any atom is 0.224 e. The number of hydrogen-bond acceptors (Lipinski definition) is 4. The molecule has 0 aliphatic carbocycles. The van der Waals surface area contributed by atoms with E-state index in [0.717, 1.165) is 44.8 Å². The van der Waals surface area contributed by atoms with Gasteiger partial charge < -0.3 is 10.1 Å². The lowest BCUT2D eigenvalue weighted by Gasteiger charge is -2.13. The van der Waals surface area contributed by atoms with Crippen LogP contribution in [0.1, 0.15) is 39.9 Å². The second-order valence-electron chi connectivity index (χ2n) is 8.60. The molecule has 0 saturated carbocycles. The number of nitrogens with zero attached hydrogens (tertiary/aromatic N) is 3. The zero-order valence-electron chi connectivity index (χ0n) is 20.1. The Morgan fingerprint density at radius 1 is 1.00 bits per heavy atom. The van der Waals surface area contributed by atoms with Gasteiger partial charge in [-0.25, -0.2) is 4.68 Å². The lowest BCUT2D eigenvalue weighted by Crippen LogP contribution is -2.13. The highest BCUT2D eigenvalue weighted by Gasteiger charge is 2.20. The molecule has 0 radical (unpaired) electrons. The molecule has 0 spiro atoms. The third-order valence-corrected chi connectivity index (χ3v) is 6.19. The van der Waals surface area contributed by atoms with E-state index in [1.54, 1.807) is 7.11 Å². The van der Waals surface area contributed by atoms with Gasteiger partial charge >= 0.3 is 0 Å². The third-order valence-electron chi connectivity index (χ3n) is 6.19. The summed E-state index contributed by atoms with van der Waals surface area (Å²) in [5.41, 5.74) is 8.96. The van der Waals surface area contributed by atoms with E-state index in [1.165, 1.54) is 11.1 Å². The Morgan fingerprint density at radius 2 is 1.73 bits per heavy atom. The molecule has 1 amide bonds. The predicted molar refractivity (Wildman–Crippen MR) is 132 cm³/mol. The van der Waals surface area contributed by atoms with Crippen LogP contribution in [0.15, 0.2) is 42.5 Å². The van der Waals surface area contributed by atoms with E-state index in [0.29, 0.717) is 18.7 Å². The van der Waals surface area contributed by atoms with Crippen LogP contribution in [0.5, 0.6) is 5.88 Å². The van der Waals surface area contributed by atoms with Crippen molar-refractivity contribution >= 4 is 22.6 Å². The second-order valence-corrected chi connectivity index (χ2v) is 8.60. The molecular formula is C27H30N4O2. The molecule has 2 aromatic carbocycles. The monoisotopic (exact) mass is 442 g/mol. The quantitative estimate of drug-likeness (QED) is 0.425. The molecule has 0 aliphatic rings. The van der Waals surface area contributed by atoms with Crippen molar-refractivity contribution in [2.45, 2.75) is 47.5 Å². The lowest BCUT2D eigenvalue weighted by atomic mass is 10.0. The summed E-state index contributed by atoms with van der Waals surface area (Å²) in [5.74, 6) is 0.499. The number of anilines is 1. The molecular weight excluding hydrogens is 412 g/mol. The van der Waals surface area contributed by atoms with Crippen molar-refractivity contribution in [2.24, 2.45) is 0 Å². The van der Waals surface area contributed by atoms with E-state index in [2.05, 4.69) is 38.2 Å². The summed E-state index contributed by atoms with van der Waals surface area (Å²) in [6.07, 6.45) is 0.867. The lowest BCUT2D eigenvalue weighted by molar-refractivity contribution is -0.116. The molecule has 0 aliphatic heterocycles. The highest BCUT2D eigenvalue weighted by Crippen LogP contribution is 2.32. The first-order valence-electron chi connectivity index (χ1n) is 11.2. The summed E-state index contributed by atoms with van der Waals surface area (Å²) in [4.78, 5) is 17.5. The fraction of sp³-hybridized carbons (Fsp3) is 0.296. The minimum absolute atomic E-state index is 0.0353. The summed E-state index contributed by atoms with van der Waals surface area (Å²) in [5, 5.41) is 8.75. The van der Waals surface area contributed by atoms with E-state index in [-0.39, 0.29) is 5.91 Å². The number of fused-ring (bicyclic) bond motifs is 1. The van der Waals surface area contributed by atoms with Gasteiger partial charge in [-0.05, 0) is 82.0 Å². The van der Waals surface area contributed by atoms with Crippen LogP contribution in [0.4, 0.5) is 5.69 Å². The van der Waals surface area contributed by atoms with E-state index in [1.807, 2.05) is 48.9 Å². The van der Waals surface area contributed by atoms with Crippen molar-refractivity contribution in [1.82, 2.24) is 14.8 Å². The maximum absolute atomic E-state index is 12.7. The SMILES string of the molecule is COc1nc2c(c(C)nn2-c2ccc(C)cc2)c(C)c1CCC(=O)Nc1ccc(C)c(C)c1. The number of ether oxygens (including phenoxy) is 1. The molecule has 0 bridgehead atoms. The van der Waals surface area contributed by atoms with Crippen LogP contribution < -0.4 is 10.1 Å². The molecule has 2 heterocycles. The van der Waals surface area contributed by atoms with Gasteiger partial charge in [-0.1, -0.05) is 23.8 Å². The van der Waals surface area contributed by atoms with E-state index in [4.69, 9.17) is 14.8 Å². The van der Waals surface area contributed by atoms with E-state index >= 15 is 0 Å². The van der Waals surface area contributed by atoms with Crippen molar-refractivity contribution in [1.29, 1.82) is 0 Å². The molecule has 6 nitrogen and oxygen atoms in total. The van der Waals surface area contributed by atoms with Gasteiger partial charge in [0.1, 0.15) is 0 Å². The van der Waals surface area contributed by atoms with Crippen LogP contribution in [0.3, 0.4) is 0 Å². The van der Waals surface area contributed by atoms with Gasteiger partial charge in [0, 0.05) is 23.1 Å². The fourth-order valence-corrected chi connectivity index (χ4v) is 4.14. The number of benzene rings is 2. The summed E-state index contributed by atoms with van der Waals surface area (Å²) in [7, 11) is 1.62. The first-order valence-corrected chi connectivity index (χ1v) is 11.2. The minimum atomic E-state index is -0.0353. The average molecular weight is 443 g/mol. The molecule has 4 rings (SSSR count). The Morgan fingerprint density at radius 3 is 2.39 bits per heavy atom. The van der Waals surface area contributed by atoms with Crippen LogP contribution >= 0.6 is 0 Å². The second kappa shape index (κ2) is 9.06. The molecule has 0 atom stereocenters. The highest BCUT2D eigenvalue weighted by atomic mass is 16.5. The number of hydrogen-bond donors (Lipinski definition) is 1. The number of aromatic nitrogens is 3. The zero-order chi connectivity index (χ0) is 23.7. The summed E-state index contributed by atoms with van der Waals surface area (Å²) >= 11 is 0. The molecule has 2 aromatic heterocycles. The summed E-state index contributed by atoms with van der Waals surface area (Å²) < 4.78 is 7.51. The molecule has 1 N–H and O–H groups in total. The van der Waals surface area contributed by atoms with E-state index in [9.17, 15) is 4.79 Å². The van der Waals surface area contributed by atoms with Crippen molar-refractivity contribution < 1.29 is 9.53 Å². The van der Waals surface area contributed by atoms with Crippen molar-refractivity contribution in [3.8, 4) is 11.6 Å². The molecule has 170 valence electrons. The van der Waals surface area contributed by atoms with Crippen molar-refractivity contribution in [3.63, 3.8) is 0 Å². The molecule has 4 aromatic rings. The van der Waals surface area contributed by atoms with Gasteiger partial charge in [-0.2, -0.15) is 10.1 Å². The Balaban J connectivity index is 1.63. The fourth-order valence-electron chi connectivity index (χ4n) is 4.14. The smallest absolute Gasteiger partial charge is 0.224 e. The summed E-state index contributed by atoms with van der Waals surface area (Å²) in [6, 6.07) is 14.1.